The molecule has 2 N–H and O–H groups in total. The number of piperidine rings is 1. The Bertz CT molecular complexity index is 422. The van der Waals surface area contributed by atoms with E-state index in [1.165, 1.54) is 0 Å². The molecule has 0 amide bonds. The molecule has 0 radical (unpaired) electrons. The van der Waals surface area contributed by atoms with Gasteiger partial charge in [0.25, 0.3) is 0 Å². The van der Waals surface area contributed by atoms with Crippen molar-refractivity contribution in [1.29, 1.82) is 0 Å². The zero-order chi connectivity index (χ0) is 13.3. The van der Waals surface area contributed by atoms with Crippen molar-refractivity contribution in [3.05, 3.63) is 28.8 Å². The van der Waals surface area contributed by atoms with Gasteiger partial charge in [-0.15, -0.1) is 0 Å². The second-order valence-corrected chi connectivity index (χ2v) is 5.57. The Morgan fingerprint density at radius 3 is 2.72 bits per heavy atom. The second kappa shape index (κ2) is 5.47. The molecule has 1 aliphatic rings. The number of benzene rings is 1. The Kier molecular flexibility index (Phi) is 4.15. The Hall–Kier alpha value is -0.770. The molecule has 0 aliphatic carbocycles. The molecule has 0 aromatic heterocycles. The fourth-order valence-electron chi connectivity index (χ4n) is 2.39. The highest BCUT2D eigenvalue weighted by Gasteiger charge is 2.25. The van der Waals surface area contributed by atoms with Gasteiger partial charge >= 0.3 is 0 Å². The minimum absolute atomic E-state index is 0.211. The molecule has 1 saturated heterocycles. The summed E-state index contributed by atoms with van der Waals surface area (Å²) in [6, 6.07) is 5.67. The molecule has 0 bridgehead atoms. The second-order valence-electron chi connectivity index (χ2n) is 5.17. The van der Waals surface area contributed by atoms with Gasteiger partial charge in [-0.3, -0.25) is 0 Å². The molecule has 2 rings (SSSR count). The third-order valence-corrected chi connectivity index (χ3v) is 3.96. The van der Waals surface area contributed by atoms with Crippen LogP contribution in [-0.4, -0.2) is 29.4 Å². The smallest absolute Gasteiger partial charge is 0.0762 e. The topological polar surface area (TPSA) is 43.7 Å². The SMILES string of the molecule is CC(O)c1ccc(N2CCC(O)C(C)C2)c(Cl)c1. The molecular weight excluding hydrogens is 250 g/mol. The number of nitrogens with zero attached hydrogens (tertiary/aromatic N) is 1. The molecule has 1 fully saturated rings. The fourth-order valence-corrected chi connectivity index (χ4v) is 2.70. The van der Waals surface area contributed by atoms with E-state index in [9.17, 15) is 10.2 Å². The first-order valence-electron chi connectivity index (χ1n) is 6.39. The van der Waals surface area contributed by atoms with Gasteiger partial charge in [-0.1, -0.05) is 24.6 Å². The third kappa shape index (κ3) is 2.79. The minimum atomic E-state index is -0.501. The van der Waals surface area contributed by atoms with E-state index < -0.39 is 6.10 Å². The summed E-state index contributed by atoms with van der Waals surface area (Å²) in [5.74, 6) is 0.256. The van der Waals surface area contributed by atoms with E-state index in [0.29, 0.717) is 5.02 Å². The van der Waals surface area contributed by atoms with Crippen LogP contribution in [0.3, 0.4) is 0 Å². The maximum Gasteiger partial charge on any atom is 0.0762 e. The van der Waals surface area contributed by atoms with Gasteiger partial charge in [-0.2, -0.15) is 0 Å². The van der Waals surface area contributed by atoms with Crippen LogP contribution < -0.4 is 4.90 Å². The summed E-state index contributed by atoms with van der Waals surface area (Å²) < 4.78 is 0. The first-order valence-corrected chi connectivity index (χ1v) is 6.77. The molecule has 3 atom stereocenters. The molecule has 3 nitrogen and oxygen atoms in total. The standard InChI is InChI=1S/C14H20ClNO2/c1-9-8-16(6-5-14(9)18)13-4-3-11(10(2)17)7-12(13)15/h3-4,7,9-10,14,17-18H,5-6,8H2,1-2H3. The van der Waals surface area contributed by atoms with Gasteiger partial charge in [0.15, 0.2) is 0 Å². The normalized spacial score (nSPS) is 26.2. The molecule has 0 spiro atoms. The first-order chi connectivity index (χ1) is 8.49. The quantitative estimate of drug-likeness (QED) is 0.867. The number of anilines is 1. The molecule has 1 heterocycles. The predicted molar refractivity (Wildman–Crippen MR) is 74.1 cm³/mol. The van der Waals surface area contributed by atoms with Crippen LogP contribution in [0.4, 0.5) is 5.69 Å². The van der Waals surface area contributed by atoms with Crippen molar-refractivity contribution in [1.82, 2.24) is 0 Å². The molecule has 100 valence electrons. The Morgan fingerprint density at radius 1 is 1.44 bits per heavy atom. The van der Waals surface area contributed by atoms with E-state index in [1.807, 2.05) is 18.2 Å². The summed E-state index contributed by atoms with van der Waals surface area (Å²) in [5.41, 5.74) is 1.81. The molecule has 18 heavy (non-hydrogen) atoms. The number of hydrogen-bond donors (Lipinski definition) is 2. The van der Waals surface area contributed by atoms with Gasteiger partial charge in [0, 0.05) is 13.1 Å². The summed E-state index contributed by atoms with van der Waals surface area (Å²) >= 11 is 6.28. The van der Waals surface area contributed by atoms with E-state index in [1.54, 1.807) is 6.92 Å². The largest absolute Gasteiger partial charge is 0.393 e. The van der Waals surface area contributed by atoms with Gasteiger partial charge in [-0.25, -0.2) is 0 Å². The van der Waals surface area contributed by atoms with Crippen LogP contribution >= 0.6 is 11.6 Å². The van der Waals surface area contributed by atoms with Gasteiger partial charge in [0.05, 0.1) is 22.9 Å². The summed E-state index contributed by atoms with van der Waals surface area (Å²) in [6.07, 6.45) is 0.0609. The van der Waals surface area contributed by atoms with Crippen molar-refractivity contribution in [2.24, 2.45) is 5.92 Å². The molecule has 1 aromatic carbocycles. The molecule has 4 heteroatoms. The van der Waals surface area contributed by atoms with Crippen LogP contribution in [0.1, 0.15) is 31.9 Å². The predicted octanol–water partition coefficient (Wildman–Crippen LogP) is 2.60. The zero-order valence-electron chi connectivity index (χ0n) is 10.8. The number of aliphatic hydroxyl groups excluding tert-OH is 2. The molecule has 1 aliphatic heterocycles. The molecule has 1 aromatic rings. The van der Waals surface area contributed by atoms with Crippen LogP contribution in [0, 0.1) is 5.92 Å². The summed E-state index contributed by atoms with van der Waals surface area (Å²) in [4.78, 5) is 2.20. The Balaban J connectivity index is 2.19. The average Bonchev–Trinajstić information content (AvgIpc) is 2.32. The summed E-state index contributed by atoms with van der Waals surface area (Å²) in [5, 5.41) is 19.9. The van der Waals surface area contributed by atoms with Crippen molar-refractivity contribution in [2.45, 2.75) is 32.5 Å². The highest BCUT2D eigenvalue weighted by molar-refractivity contribution is 6.33. The van der Waals surface area contributed by atoms with Crippen molar-refractivity contribution < 1.29 is 10.2 Å². The van der Waals surface area contributed by atoms with Crippen LogP contribution in [0.5, 0.6) is 0 Å². The zero-order valence-corrected chi connectivity index (χ0v) is 11.6. The monoisotopic (exact) mass is 269 g/mol. The van der Waals surface area contributed by atoms with Gasteiger partial charge in [-0.05, 0) is 37.0 Å². The molecule has 0 saturated carbocycles. The highest BCUT2D eigenvalue weighted by atomic mass is 35.5. The van der Waals surface area contributed by atoms with E-state index >= 15 is 0 Å². The van der Waals surface area contributed by atoms with E-state index in [-0.39, 0.29) is 12.0 Å². The summed E-state index contributed by atoms with van der Waals surface area (Å²) in [7, 11) is 0. The Labute approximate surface area is 113 Å². The van der Waals surface area contributed by atoms with E-state index in [2.05, 4.69) is 11.8 Å². The Morgan fingerprint density at radius 2 is 2.17 bits per heavy atom. The number of aliphatic hydroxyl groups is 2. The lowest BCUT2D eigenvalue weighted by molar-refractivity contribution is 0.0971. The van der Waals surface area contributed by atoms with Crippen LogP contribution in [-0.2, 0) is 0 Å². The van der Waals surface area contributed by atoms with Gasteiger partial charge < -0.3 is 15.1 Å². The lowest BCUT2D eigenvalue weighted by Crippen LogP contribution is -2.42. The lowest BCUT2D eigenvalue weighted by atomic mass is 9.96. The van der Waals surface area contributed by atoms with Crippen LogP contribution in [0.15, 0.2) is 18.2 Å². The number of hydrogen-bond acceptors (Lipinski definition) is 3. The molecular formula is C14H20ClNO2. The number of rotatable bonds is 2. The van der Waals surface area contributed by atoms with E-state index in [0.717, 1.165) is 30.8 Å². The van der Waals surface area contributed by atoms with Crippen molar-refractivity contribution >= 4 is 17.3 Å². The summed E-state index contributed by atoms with van der Waals surface area (Å²) in [6.45, 7) is 5.41. The molecule has 3 unspecified atom stereocenters. The van der Waals surface area contributed by atoms with Gasteiger partial charge in [0.1, 0.15) is 0 Å². The third-order valence-electron chi connectivity index (χ3n) is 3.65. The maximum absolute atomic E-state index is 9.74. The van der Waals surface area contributed by atoms with E-state index in [4.69, 9.17) is 11.6 Å². The lowest BCUT2D eigenvalue weighted by Gasteiger charge is -2.36. The highest BCUT2D eigenvalue weighted by Crippen LogP contribution is 2.31. The van der Waals surface area contributed by atoms with Crippen LogP contribution in [0.25, 0.3) is 0 Å². The van der Waals surface area contributed by atoms with Crippen molar-refractivity contribution in [3.8, 4) is 0 Å². The van der Waals surface area contributed by atoms with Crippen molar-refractivity contribution in [2.75, 3.05) is 18.0 Å². The fraction of sp³-hybridized carbons (Fsp3) is 0.571. The maximum atomic E-state index is 9.74. The van der Waals surface area contributed by atoms with Crippen LogP contribution in [0.2, 0.25) is 5.02 Å². The van der Waals surface area contributed by atoms with Gasteiger partial charge in [0.2, 0.25) is 0 Å². The average molecular weight is 270 g/mol. The number of halogens is 1. The first kappa shape index (κ1) is 13.7. The van der Waals surface area contributed by atoms with Crippen molar-refractivity contribution in [3.63, 3.8) is 0 Å². The minimum Gasteiger partial charge on any atom is -0.393 e.